The Morgan fingerprint density at radius 1 is 0.953 bits per heavy atom. The number of nitrogens with one attached hydrogen (secondary N) is 1. The number of amides is 2. The summed E-state index contributed by atoms with van der Waals surface area (Å²) >= 11 is 3.53. The molecular weight excluding hydrogens is 626 g/mol. The minimum absolute atomic E-state index is 0.104. The minimum Gasteiger partial charge on any atom is -0.352 e. The zero-order valence-electron chi connectivity index (χ0n) is 25.3. The van der Waals surface area contributed by atoms with Crippen LogP contribution in [-0.2, 0) is 32.6 Å². The van der Waals surface area contributed by atoms with Gasteiger partial charge in [-0.2, -0.15) is 0 Å². The van der Waals surface area contributed by atoms with E-state index in [0.29, 0.717) is 18.5 Å². The van der Waals surface area contributed by atoms with Crippen LogP contribution in [-0.4, -0.2) is 50.0 Å². The Hall–Kier alpha value is -3.17. The molecule has 3 aromatic rings. The maximum atomic E-state index is 14.1. The fraction of sp³-hybridized carbons (Fsp3) is 0.412. The summed E-state index contributed by atoms with van der Waals surface area (Å²) in [6, 6.07) is 22.7. The molecule has 0 heterocycles. The molecule has 4 rings (SSSR count). The number of hydrogen-bond donors (Lipinski definition) is 1. The van der Waals surface area contributed by atoms with Crippen molar-refractivity contribution < 1.29 is 18.0 Å². The number of halogens is 1. The summed E-state index contributed by atoms with van der Waals surface area (Å²) in [6.07, 6.45) is 6.07. The molecule has 0 saturated heterocycles. The van der Waals surface area contributed by atoms with Crippen LogP contribution < -0.4 is 9.62 Å². The van der Waals surface area contributed by atoms with Crippen LogP contribution in [0.5, 0.6) is 0 Å². The first-order chi connectivity index (χ1) is 20.5. The molecule has 0 radical (unpaired) electrons. The molecule has 1 aliphatic rings. The average Bonchev–Trinajstić information content (AvgIpc) is 3.47. The van der Waals surface area contributed by atoms with Gasteiger partial charge in [-0.05, 0) is 73.6 Å². The number of anilines is 1. The first-order valence-electron chi connectivity index (χ1n) is 14.9. The molecule has 230 valence electrons. The fourth-order valence-electron chi connectivity index (χ4n) is 5.72. The molecule has 1 fully saturated rings. The topological polar surface area (TPSA) is 86.8 Å². The molecule has 0 aliphatic heterocycles. The van der Waals surface area contributed by atoms with E-state index in [1.807, 2.05) is 86.6 Å². The number of sulfonamides is 1. The Morgan fingerprint density at radius 3 is 2.33 bits per heavy atom. The molecule has 1 aliphatic carbocycles. The number of rotatable bonds is 13. The summed E-state index contributed by atoms with van der Waals surface area (Å²) in [4.78, 5) is 29.6. The first kappa shape index (κ1) is 32.7. The van der Waals surface area contributed by atoms with E-state index < -0.39 is 16.1 Å². The zero-order chi connectivity index (χ0) is 31.0. The van der Waals surface area contributed by atoms with Gasteiger partial charge in [-0.15, -0.1) is 0 Å². The van der Waals surface area contributed by atoms with Crippen molar-refractivity contribution in [3.63, 3.8) is 0 Å². The van der Waals surface area contributed by atoms with Crippen LogP contribution in [0.25, 0.3) is 0 Å². The molecule has 0 spiro atoms. The second-order valence-electron chi connectivity index (χ2n) is 11.6. The van der Waals surface area contributed by atoms with Crippen LogP contribution in [0.1, 0.15) is 60.8 Å². The molecule has 9 heteroatoms. The van der Waals surface area contributed by atoms with E-state index in [-0.39, 0.29) is 37.4 Å². The SMILES string of the molecule is Cc1ccc(C)c(N(CCCC(=O)N(Cc2cccc(Br)c2)C(Cc2ccccc2)C(=O)NC2CCCC2)S(C)(=O)=O)c1. The Morgan fingerprint density at radius 2 is 1.65 bits per heavy atom. The summed E-state index contributed by atoms with van der Waals surface area (Å²) in [5, 5.41) is 3.23. The highest BCUT2D eigenvalue weighted by molar-refractivity contribution is 9.10. The third kappa shape index (κ3) is 9.41. The normalized spacial score (nSPS) is 14.3. The highest BCUT2D eigenvalue weighted by Gasteiger charge is 2.32. The molecule has 2 amide bonds. The maximum Gasteiger partial charge on any atom is 0.243 e. The first-order valence-corrected chi connectivity index (χ1v) is 17.6. The number of carbonyl (C=O) groups excluding carboxylic acids is 2. The van der Waals surface area contributed by atoms with Crippen LogP contribution in [0.3, 0.4) is 0 Å². The largest absolute Gasteiger partial charge is 0.352 e. The predicted molar refractivity (Wildman–Crippen MR) is 176 cm³/mol. The van der Waals surface area contributed by atoms with Gasteiger partial charge < -0.3 is 10.2 Å². The standard InChI is InChI=1S/C34H42BrN3O4S/c1-25-18-19-26(2)31(21-25)38(43(3,41)42)20-10-17-33(39)37(24-28-13-9-14-29(35)22-28)32(23-27-11-5-4-6-12-27)34(40)36-30-15-7-8-16-30/h4-6,9,11-14,18-19,21-22,30,32H,7-8,10,15-17,20,23-24H2,1-3H3,(H,36,40). The lowest BCUT2D eigenvalue weighted by atomic mass is 10.0. The lowest BCUT2D eigenvalue weighted by molar-refractivity contribution is -0.141. The average molecular weight is 669 g/mol. The quantitative estimate of drug-likeness (QED) is 0.231. The van der Waals surface area contributed by atoms with Crippen molar-refractivity contribution in [3.8, 4) is 0 Å². The van der Waals surface area contributed by atoms with Gasteiger partial charge in [0.15, 0.2) is 0 Å². The van der Waals surface area contributed by atoms with Crippen LogP contribution in [0, 0.1) is 13.8 Å². The van der Waals surface area contributed by atoms with Gasteiger partial charge in [0.2, 0.25) is 21.8 Å². The molecule has 7 nitrogen and oxygen atoms in total. The van der Waals surface area contributed by atoms with E-state index in [9.17, 15) is 18.0 Å². The van der Waals surface area contributed by atoms with E-state index in [0.717, 1.165) is 52.4 Å². The predicted octanol–water partition coefficient (Wildman–Crippen LogP) is 6.31. The van der Waals surface area contributed by atoms with Crippen molar-refractivity contribution in [1.82, 2.24) is 10.2 Å². The van der Waals surface area contributed by atoms with E-state index in [2.05, 4.69) is 21.2 Å². The third-order valence-corrected chi connectivity index (χ3v) is 9.67. The molecule has 0 bridgehead atoms. The van der Waals surface area contributed by atoms with Gasteiger partial charge >= 0.3 is 0 Å². The van der Waals surface area contributed by atoms with E-state index in [4.69, 9.17) is 0 Å². The van der Waals surface area contributed by atoms with Crippen molar-refractivity contribution in [3.05, 3.63) is 99.5 Å². The van der Waals surface area contributed by atoms with Gasteiger partial charge in [0.25, 0.3) is 0 Å². The van der Waals surface area contributed by atoms with Crippen molar-refractivity contribution >= 4 is 43.5 Å². The second-order valence-corrected chi connectivity index (χ2v) is 14.4. The van der Waals surface area contributed by atoms with Gasteiger partial charge in [-0.25, -0.2) is 8.42 Å². The molecule has 1 N–H and O–H groups in total. The second kappa shape index (κ2) is 15.0. The third-order valence-electron chi connectivity index (χ3n) is 8.00. The number of benzene rings is 3. The van der Waals surface area contributed by atoms with Crippen LogP contribution in [0.2, 0.25) is 0 Å². The number of carbonyl (C=O) groups is 2. The summed E-state index contributed by atoms with van der Waals surface area (Å²) in [5.41, 5.74) is 4.31. The lowest BCUT2D eigenvalue weighted by Gasteiger charge is -2.33. The molecule has 1 saturated carbocycles. The van der Waals surface area contributed by atoms with E-state index in [1.54, 1.807) is 4.90 Å². The summed E-state index contributed by atoms with van der Waals surface area (Å²) < 4.78 is 27.9. The summed E-state index contributed by atoms with van der Waals surface area (Å²) in [6.45, 7) is 4.24. The summed E-state index contributed by atoms with van der Waals surface area (Å²) in [7, 11) is -3.57. The highest BCUT2D eigenvalue weighted by atomic mass is 79.9. The fourth-order valence-corrected chi connectivity index (χ4v) is 7.19. The Bertz CT molecular complexity index is 1510. The van der Waals surface area contributed by atoms with Crippen LogP contribution >= 0.6 is 15.9 Å². The number of hydrogen-bond acceptors (Lipinski definition) is 4. The van der Waals surface area contributed by atoms with Crippen LogP contribution in [0.15, 0.2) is 77.3 Å². The molecule has 1 unspecified atom stereocenters. The number of nitrogens with zero attached hydrogens (tertiary/aromatic N) is 2. The van der Waals surface area contributed by atoms with Gasteiger partial charge in [0.1, 0.15) is 6.04 Å². The van der Waals surface area contributed by atoms with Crippen molar-refractivity contribution in [2.24, 2.45) is 0 Å². The van der Waals surface area contributed by atoms with E-state index in [1.165, 1.54) is 10.6 Å². The van der Waals surface area contributed by atoms with Gasteiger partial charge in [0.05, 0.1) is 11.9 Å². The van der Waals surface area contributed by atoms with Crippen molar-refractivity contribution in [2.75, 3.05) is 17.1 Å². The minimum atomic E-state index is -3.57. The zero-order valence-corrected chi connectivity index (χ0v) is 27.7. The Kier molecular flexibility index (Phi) is 11.4. The Labute approximate surface area is 264 Å². The number of aryl methyl sites for hydroxylation is 2. The van der Waals surface area contributed by atoms with Crippen molar-refractivity contribution in [2.45, 2.75) is 77.4 Å². The maximum absolute atomic E-state index is 14.1. The highest BCUT2D eigenvalue weighted by Crippen LogP contribution is 2.25. The van der Waals surface area contributed by atoms with Crippen molar-refractivity contribution in [1.29, 1.82) is 0 Å². The molecule has 3 aromatic carbocycles. The van der Waals surface area contributed by atoms with Gasteiger partial charge in [-0.1, -0.05) is 83.4 Å². The molecule has 0 aromatic heterocycles. The Balaban J connectivity index is 1.60. The summed E-state index contributed by atoms with van der Waals surface area (Å²) in [5.74, 6) is -0.329. The lowest BCUT2D eigenvalue weighted by Crippen LogP contribution is -2.52. The monoisotopic (exact) mass is 667 g/mol. The molecule has 1 atom stereocenters. The van der Waals surface area contributed by atoms with Gasteiger partial charge in [-0.3, -0.25) is 13.9 Å². The van der Waals surface area contributed by atoms with Crippen LogP contribution in [0.4, 0.5) is 5.69 Å². The molecule has 43 heavy (non-hydrogen) atoms. The van der Waals surface area contributed by atoms with E-state index >= 15 is 0 Å². The molecular formula is C34H42BrN3O4S. The smallest absolute Gasteiger partial charge is 0.243 e. The van der Waals surface area contributed by atoms with Gasteiger partial charge in [0, 0.05) is 36.4 Å².